The molecule has 0 aliphatic carbocycles. The molecule has 2 nitrogen and oxygen atoms in total. The summed E-state index contributed by atoms with van der Waals surface area (Å²) in [5.41, 5.74) is 1.13. The van der Waals surface area contributed by atoms with E-state index in [1.807, 2.05) is 0 Å². The molecule has 2 aromatic carbocycles. The minimum atomic E-state index is -4.36. The van der Waals surface area contributed by atoms with Crippen molar-refractivity contribution in [1.82, 2.24) is 0 Å². The number of aliphatic hydroxyl groups excluding tert-OH is 1. The fourth-order valence-corrected chi connectivity index (χ4v) is 2.02. The maximum atomic E-state index is 12.5. The van der Waals surface area contributed by atoms with E-state index in [-0.39, 0.29) is 11.5 Å². The second-order valence-electron chi connectivity index (χ2n) is 5.00. The van der Waals surface area contributed by atoms with Crippen LogP contribution in [0, 0.1) is 0 Å². The van der Waals surface area contributed by atoms with Crippen molar-refractivity contribution in [3.63, 3.8) is 0 Å². The molecule has 0 aliphatic rings. The fraction of sp³-hybridized carbons (Fsp3) is 0.167. The number of rotatable bonds is 4. The first-order valence-corrected chi connectivity index (χ1v) is 7.03. The van der Waals surface area contributed by atoms with Gasteiger partial charge in [-0.3, -0.25) is 4.79 Å². The van der Waals surface area contributed by atoms with E-state index in [9.17, 15) is 23.1 Å². The van der Waals surface area contributed by atoms with Crippen molar-refractivity contribution in [2.45, 2.75) is 19.5 Å². The van der Waals surface area contributed by atoms with Gasteiger partial charge in [0, 0.05) is 18.1 Å². The van der Waals surface area contributed by atoms with Crippen LogP contribution in [-0.4, -0.2) is 10.9 Å². The molecule has 0 aliphatic heterocycles. The summed E-state index contributed by atoms with van der Waals surface area (Å²) in [6.07, 6.45) is -2.90. The van der Waals surface area contributed by atoms with E-state index < -0.39 is 11.7 Å². The zero-order chi connectivity index (χ0) is 17.0. The molecule has 0 unspecified atom stereocenters. The second kappa shape index (κ2) is 6.69. The number of alkyl halides is 3. The first-order valence-electron chi connectivity index (χ1n) is 7.03. The molecule has 0 radical (unpaired) electrons. The maximum Gasteiger partial charge on any atom is 0.416 e. The molecule has 0 amide bonds. The summed E-state index contributed by atoms with van der Waals surface area (Å²) in [6, 6.07) is 11.4. The third-order valence-corrected chi connectivity index (χ3v) is 3.37. The van der Waals surface area contributed by atoms with E-state index in [4.69, 9.17) is 0 Å². The number of hydrogen-bond acceptors (Lipinski definition) is 2. The van der Waals surface area contributed by atoms with E-state index >= 15 is 0 Å². The Hall–Kier alpha value is -2.56. The molecule has 120 valence electrons. The van der Waals surface area contributed by atoms with Crippen LogP contribution in [0.1, 0.15) is 24.5 Å². The van der Waals surface area contributed by atoms with Crippen molar-refractivity contribution in [2.75, 3.05) is 0 Å². The highest BCUT2D eigenvalue weighted by atomic mass is 19.4. The highest BCUT2D eigenvalue weighted by Gasteiger charge is 2.29. The molecule has 0 saturated heterocycles. The van der Waals surface area contributed by atoms with Gasteiger partial charge in [-0.15, -0.1) is 0 Å². The number of aliphatic hydroxyl groups is 1. The number of allylic oxidation sites excluding steroid dienone is 1. The monoisotopic (exact) mass is 320 g/mol. The molecule has 0 saturated carbocycles. The molecule has 2 rings (SSSR count). The summed E-state index contributed by atoms with van der Waals surface area (Å²) in [6.45, 7) is 1.69. The van der Waals surface area contributed by atoms with Crippen LogP contribution in [0.2, 0.25) is 0 Å². The van der Waals surface area contributed by atoms with Crippen LogP contribution in [0.5, 0.6) is 0 Å². The molecular formula is C18H15F3O2. The van der Waals surface area contributed by atoms with Gasteiger partial charge in [0.15, 0.2) is 5.78 Å². The largest absolute Gasteiger partial charge is 0.507 e. The molecule has 0 aromatic heterocycles. The average molecular weight is 320 g/mol. The average Bonchev–Trinajstić information content (AvgIpc) is 2.54. The van der Waals surface area contributed by atoms with Crippen LogP contribution >= 0.6 is 0 Å². The maximum absolute atomic E-state index is 12.5. The van der Waals surface area contributed by atoms with Crippen LogP contribution < -0.4 is 0 Å². The minimum Gasteiger partial charge on any atom is -0.507 e. The van der Waals surface area contributed by atoms with E-state index in [0.717, 1.165) is 23.8 Å². The Bertz CT molecular complexity index is 711. The van der Waals surface area contributed by atoms with Crippen LogP contribution in [-0.2, 0) is 11.0 Å². The summed E-state index contributed by atoms with van der Waals surface area (Å²) >= 11 is 0. The van der Waals surface area contributed by atoms with Crippen LogP contribution in [0.3, 0.4) is 0 Å². The summed E-state index contributed by atoms with van der Waals surface area (Å²) in [5, 5.41) is 9.82. The van der Waals surface area contributed by atoms with Crippen molar-refractivity contribution in [3.8, 4) is 11.1 Å². The number of benzene rings is 2. The predicted molar refractivity (Wildman–Crippen MR) is 82.8 cm³/mol. The quantitative estimate of drug-likeness (QED) is 0.617. The normalized spacial score (nSPS) is 12.3. The van der Waals surface area contributed by atoms with Gasteiger partial charge in [0.05, 0.1) is 5.56 Å². The lowest BCUT2D eigenvalue weighted by Crippen LogP contribution is -2.03. The fourth-order valence-electron chi connectivity index (χ4n) is 2.02. The molecule has 0 atom stereocenters. The van der Waals surface area contributed by atoms with Gasteiger partial charge in [-0.05, 0) is 23.3 Å². The summed E-state index contributed by atoms with van der Waals surface area (Å²) in [7, 11) is 0. The van der Waals surface area contributed by atoms with Crippen LogP contribution in [0.15, 0.2) is 54.6 Å². The second-order valence-corrected chi connectivity index (χ2v) is 5.00. The number of carbonyl (C=O) groups excluding carboxylic acids is 1. The SMILES string of the molecule is CCC(=O)C=C(O)c1ccc(-c2ccc(C(F)(F)F)cc2)cc1. The molecule has 23 heavy (non-hydrogen) atoms. The van der Waals surface area contributed by atoms with Crippen molar-refractivity contribution in [2.24, 2.45) is 0 Å². The first-order chi connectivity index (χ1) is 10.8. The van der Waals surface area contributed by atoms with E-state index in [2.05, 4.69) is 0 Å². The lowest BCUT2D eigenvalue weighted by molar-refractivity contribution is -0.137. The van der Waals surface area contributed by atoms with E-state index in [0.29, 0.717) is 17.5 Å². The van der Waals surface area contributed by atoms with Crippen LogP contribution in [0.4, 0.5) is 13.2 Å². The zero-order valence-electron chi connectivity index (χ0n) is 12.4. The van der Waals surface area contributed by atoms with Gasteiger partial charge in [-0.1, -0.05) is 43.3 Å². The lowest BCUT2D eigenvalue weighted by Gasteiger charge is -2.08. The number of ketones is 1. The van der Waals surface area contributed by atoms with E-state index in [1.54, 1.807) is 31.2 Å². The predicted octanol–water partition coefficient (Wildman–Crippen LogP) is 5.25. The van der Waals surface area contributed by atoms with Gasteiger partial charge in [-0.2, -0.15) is 13.2 Å². The highest BCUT2D eigenvalue weighted by Crippen LogP contribution is 2.31. The molecule has 0 spiro atoms. The smallest absolute Gasteiger partial charge is 0.416 e. The van der Waals surface area contributed by atoms with Crippen molar-refractivity contribution >= 4 is 11.5 Å². The first kappa shape index (κ1) is 16.8. The Labute approximate surface area is 131 Å². The van der Waals surface area contributed by atoms with Gasteiger partial charge in [0.25, 0.3) is 0 Å². The molecule has 2 aromatic rings. The lowest BCUT2D eigenvalue weighted by atomic mass is 10.0. The zero-order valence-corrected chi connectivity index (χ0v) is 12.4. The molecular weight excluding hydrogens is 305 g/mol. The molecule has 1 N–H and O–H groups in total. The summed E-state index contributed by atoms with van der Waals surface area (Å²) in [5.74, 6) is -0.315. The number of carbonyl (C=O) groups is 1. The molecule has 0 heterocycles. The Morgan fingerprint density at radius 2 is 1.48 bits per heavy atom. The third-order valence-electron chi connectivity index (χ3n) is 3.37. The van der Waals surface area contributed by atoms with Gasteiger partial charge >= 0.3 is 6.18 Å². The van der Waals surface area contributed by atoms with Gasteiger partial charge in [0.1, 0.15) is 5.76 Å². The standard InChI is InChI=1S/C18H15F3O2/c1-2-16(22)11-17(23)14-5-3-12(4-6-14)13-7-9-15(10-8-13)18(19,20)21/h3-11,23H,2H2,1H3. The Balaban J connectivity index is 2.23. The number of halogens is 3. The summed E-state index contributed by atoms with van der Waals surface area (Å²) in [4.78, 5) is 11.3. The third kappa shape index (κ3) is 4.22. The van der Waals surface area contributed by atoms with Crippen LogP contribution in [0.25, 0.3) is 16.9 Å². The van der Waals surface area contributed by atoms with Gasteiger partial charge in [-0.25, -0.2) is 0 Å². The Morgan fingerprint density at radius 3 is 1.91 bits per heavy atom. The highest BCUT2D eigenvalue weighted by molar-refractivity contribution is 5.95. The summed E-state index contributed by atoms with van der Waals surface area (Å²) < 4.78 is 37.6. The minimum absolute atomic E-state index is 0.129. The van der Waals surface area contributed by atoms with Crippen molar-refractivity contribution < 1.29 is 23.1 Å². The van der Waals surface area contributed by atoms with Crippen molar-refractivity contribution in [3.05, 3.63) is 65.7 Å². The Kier molecular flexibility index (Phi) is 4.89. The number of hydrogen-bond donors (Lipinski definition) is 1. The molecule has 0 bridgehead atoms. The topological polar surface area (TPSA) is 37.3 Å². The van der Waals surface area contributed by atoms with Crippen molar-refractivity contribution in [1.29, 1.82) is 0 Å². The van der Waals surface area contributed by atoms with Gasteiger partial charge < -0.3 is 5.11 Å². The van der Waals surface area contributed by atoms with E-state index in [1.165, 1.54) is 12.1 Å². The molecule has 5 heteroatoms. The van der Waals surface area contributed by atoms with Gasteiger partial charge in [0.2, 0.25) is 0 Å². The Morgan fingerprint density at radius 1 is 1.00 bits per heavy atom. The molecule has 0 fully saturated rings.